The average molecular weight is 269 g/mol. The van der Waals surface area contributed by atoms with Gasteiger partial charge in [0.15, 0.2) is 0 Å². The van der Waals surface area contributed by atoms with Gasteiger partial charge in [-0.05, 0) is 30.5 Å². The fourth-order valence-electron chi connectivity index (χ4n) is 2.21. The predicted molar refractivity (Wildman–Crippen MR) is 76.3 cm³/mol. The van der Waals surface area contributed by atoms with Crippen LogP contribution in [0.1, 0.15) is 37.8 Å². The lowest BCUT2D eigenvalue weighted by atomic mass is 9.82. The van der Waals surface area contributed by atoms with Crippen molar-refractivity contribution in [2.75, 3.05) is 7.05 Å². The molecular formula is C16H19N3O. The highest BCUT2D eigenvalue weighted by atomic mass is 16.2. The molecule has 104 valence electrons. The van der Waals surface area contributed by atoms with Gasteiger partial charge in [-0.1, -0.05) is 26.0 Å². The molecule has 0 heterocycles. The van der Waals surface area contributed by atoms with E-state index in [2.05, 4.69) is 12.1 Å². The Morgan fingerprint density at radius 1 is 1.30 bits per heavy atom. The minimum absolute atomic E-state index is 0.160. The summed E-state index contributed by atoms with van der Waals surface area (Å²) in [6, 6.07) is 11.4. The van der Waals surface area contributed by atoms with Crippen molar-refractivity contribution < 1.29 is 4.79 Å². The second-order valence-electron chi connectivity index (χ2n) is 4.87. The molecule has 1 aromatic rings. The normalized spacial score (nSPS) is 10.4. The monoisotopic (exact) mass is 269 g/mol. The van der Waals surface area contributed by atoms with Gasteiger partial charge in [-0.2, -0.15) is 10.5 Å². The van der Waals surface area contributed by atoms with Gasteiger partial charge >= 0.3 is 0 Å². The zero-order valence-corrected chi connectivity index (χ0v) is 12.2. The van der Waals surface area contributed by atoms with Crippen molar-refractivity contribution in [2.45, 2.75) is 33.2 Å². The van der Waals surface area contributed by atoms with Crippen molar-refractivity contribution >= 4 is 5.91 Å². The Morgan fingerprint density at radius 3 is 2.45 bits per heavy atom. The maximum atomic E-state index is 12.5. The zero-order chi connectivity index (χ0) is 15.2. The van der Waals surface area contributed by atoms with E-state index in [1.807, 2.05) is 19.9 Å². The highest BCUT2D eigenvalue weighted by molar-refractivity contribution is 5.85. The molecule has 0 atom stereocenters. The molecule has 4 nitrogen and oxygen atoms in total. The molecule has 0 N–H and O–H groups in total. The molecule has 0 aromatic heterocycles. The van der Waals surface area contributed by atoms with E-state index >= 15 is 0 Å². The molecule has 0 fully saturated rings. The molecule has 1 amide bonds. The zero-order valence-electron chi connectivity index (χ0n) is 12.2. The van der Waals surface area contributed by atoms with Crippen LogP contribution in [0.2, 0.25) is 0 Å². The summed E-state index contributed by atoms with van der Waals surface area (Å²) in [5.74, 6) is -0.160. The van der Waals surface area contributed by atoms with Crippen LogP contribution in [0, 0.1) is 28.1 Å². The molecule has 1 aromatic carbocycles. The van der Waals surface area contributed by atoms with Crippen molar-refractivity contribution in [2.24, 2.45) is 5.41 Å². The number of hydrogen-bond donors (Lipinski definition) is 0. The second kappa shape index (κ2) is 6.73. The van der Waals surface area contributed by atoms with Crippen molar-refractivity contribution in [1.29, 1.82) is 10.5 Å². The number of nitrogens with zero attached hydrogens (tertiary/aromatic N) is 3. The van der Waals surface area contributed by atoms with Crippen LogP contribution >= 0.6 is 0 Å². The number of amides is 1. The molecule has 0 radical (unpaired) electrons. The maximum absolute atomic E-state index is 12.5. The lowest BCUT2D eigenvalue weighted by molar-refractivity contribution is -0.138. The largest absolute Gasteiger partial charge is 0.340 e. The summed E-state index contributed by atoms with van der Waals surface area (Å²) in [5.41, 5.74) is 0.515. The molecule has 0 unspecified atom stereocenters. The lowest BCUT2D eigenvalue weighted by Crippen LogP contribution is -2.40. The molecule has 0 saturated heterocycles. The Kier molecular flexibility index (Phi) is 5.29. The Morgan fingerprint density at radius 2 is 1.95 bits per heavy atom. The van der Waals surface area contributed by atoms with E-state index in [0.717, 1.165) is 5.56 Å². The van der Waals surface area contributed by atoms with Gasteiger partial charge in [-0.25, -0.2) is 0 Å². The molecule has 1 rings (SSSR count). The summed E-state index contributed by atoms with van der Waals surface area (Å²) >= 11 is 0. The Balaban J connectivity index is 2.91. The number of carbonyl (C=O) groups excluding carboxylic acids is 1. The van der Waals surface area contributed by atoms with E-state index < -0.39 is 5.41 Å². The van der Waals surface area contributed by atoms with Crippen LogP contribution < -0.4 is 0 Å². The molecule has 0 spiro atoms. The Labute approximate surface area is 120 Å². The van der Waals surface area contributed by atoms with Gasteiger partial charge in [-0.3, -0.25) is 4.79 Å². The first-order valence-corrected chi connectivity index (χ1v) is 6.68. The van der Waals surface area contributed by atoms with Gasteiger partial charge < -0.3 is 4.90 Å². The second-order valence-corrected chi connectivity index (χ2v) is 4.87. The van der Waals surface area contributed by atoms with Gasteiger partial charge in [0, 0.05) is 13.6 Å². The van der Waals surface area contributed by atoms with Crippen LogP contribution in [0.3, 0.4) is 0 Å². The van der Waals surface area contributed by atoms with Crippen LogP contribution in [0.5, 0.6) is 0 Å². The smallest absolute Gasteiger partial charge is 0.243 e. The van der Waals surface area contributed by atoms with E-state index in [9.17, 15) is 10.1 Å². The molecule has 0 bridgehead atoms. The minimum Gasteiger partial charge on any atom is -0.340 e. The van der Waals surface area contributed by atoms with E-state index in [1.54, 1.807) is 30.1 Å². The number of hydrogen-bond acceptors (Lipinski definition) is 3. The van der Waals surface area contributed by atoms with E-state index in [1.165, 1.54) is 0 Å². The summed E-state index contributed by atoms with van der Waals surface area (Å²) < 4.78 is 0. The Hall–Kier alpha value is -2.33. The van der Waals surface area contributed by atoms with Gasteiger partial charge in [-0.15, -0.1) is 0 Å². The van der Waals surface area contributed by atoms with Crippen LogP contribution in [0.15, 0.2) is 24.3 Å². The molecule has 0 aliphatic rings. The molecule has 20 heavy (non-hydrogen) atoms. The van der Waals surface area contributed by atoms with Gasteiger partial charge in [0.2, 0.25) is 5.91 Å². The number of carbonyl (C=O) groups is 1. The third-order valence-electron chi connectivity index (χ3n) is 3.65. The first-order valence-electron chi connectivity index (χ1n) is 6.68. The van der Waals surface area contributed by atoms with Gasteiger partial charge in [0.25, 0.3) is 0 Å². The molecule has 0 aliphatic carbocycles. The molecule has 0 aliphatic heterocycles. The maximum Gasteiger partial charge on any atom is 0.243 e. The van der Waals surface area contributed by atoms with E-state index in [4.69, 9.17) is 5.26 Å². The third-order valence-corrected chi connectivity index (χ3v) is 3.65. The lowest BCUT2D eigenvalue weighted by Gasteiger charge is -2.28. The van der Waals surface area contributed by atoms with E-state index in [-0.39, 0.29) is 5.91 Å². The topological polar surface area (TPSA) is 67.9 Å². The van der Waals surface area contributed by atoms with E-state index in [0.29, 0.717) is 24.9 Å². The fourth-order valence-corrected chi connectivity index (χ4v) is 2.21. The summed E-state index contributed by atoms with van der Waals surface area (Å²) in [5, 5.41) is 18.2. The first kappa shape index (κ1) is 15.7. The van der Waals surface area contributed by atoms with Crippen molar-refractivity contribution in [3.05, 3.63) is 35.4 Å². The van der Waals surface area contributed by atoms with Crippen LogP contribution in [-0.2, 0) is 11.3 Å². The van der Waals surface area contributed by atoms with Gasteiger partial charge in [0.05, 0.1) is 17.7 Å². The summed E-state index contributed by atoms with van der Waals surface area (Å²) in [7, 11) is 1.69. The van der Waals surface area contributed by atoms with Crippen molar-refractivity contribution in [3.63, 3.8) is 0 Å². The minimum atomic E-state index is -0.943. The quantitative estimate of drug-likeness (QED) is 0.825. The number of rotatable bonds is 5. The number of benzene rings is 1. The summed E-state index contributed by atoms with van der Waals surface area (Å²) in [6.07, 6.45) is 1.00. The summed E-state index contributed by atoms with van der Waals surface area (Å²) in [6.45, 7) is 4.11. The van der Waals surface area contributed by atoms with Crippen molar-refractivity contribution in [1.82, 2.24) is 4.90 Å². The number of nitriles is 2. The fraction of sp³-hybridized carbons (Fsp3) is 0.438. The standard InChI is InChI=1S/C16H19N3O/c1-4-16(5-2,12-18)15(20)19(3)11-14-8-6-7-13(9-14)10-17/h6-9H,4-5,11H2,1-3H3. The predicted octanol–water partition coefficient (Wildman–Crippen LogP) is 2.85. The molecular weight excluding hydrogens is 250 g/mol. The molecule has 4 heteroatoms. The van der Waals surface area contributed by atoms with Crippen molar-refractivity contribution in [3.8, 4) is 12.1 Å². The molecule has 0 saturated carbocycles. The highest BCUT2D eigenvalue weighted by Crippen LogP contribution is 2.28. The van der Waals surface area contributed by atoms with Crippen LogP contribution in [-0.4, -0.2) is 17.9 Å². The highest BCUT2D eigenvalue weighted by Gasteiger charge is 2.37. The Bertz CT molecular complexity index is 562. The van der Waals surface area contributed by atoms with Gasteiger partial charge in [0.1, 0.15) is 5.41 Å². The SMILES string of the molecule is CCC(C#N)(CC)C(=O)N(C)Cc1cccc(C#N)c1. The average Bonchev–Trinajstić information content (AvgIpc) is 2.49. The third kappa shape index (κ3) is 3.16. The van der Waals surface area contributed by atoms with Crippen LogP contribution in [0.25, 0.3) is 0 Å². The summed E-state index contributed by atoms with van der Waals surface area (Å²) in [4.78, 5) is 14.0. The first-order chi connectivity index (χ1) is 9.52. The van der Waals surface area contributed by atoms with Crippen LogP contribution in [0.4, 0.5) is 0 Å².